The van der Waals surface area contributed by atoms with Gasteiger partial charge in [-0.2, -0.15) is 0 Å². The van der Waals surface area contributed by atoms with Crippen LogP contribution in [-0.2, 0) is 9.52 Å². The second kappa shape index (κ2) is 3.42. The zero-order chi connectivity index (χ0) is 10.1. The van der Waals surface area contributed by atoms with Gasteiger partial charge in [-0.25, -0.2) is 0 Å². The second-order valence-electron chi connectivity index (χ2n) is 3.16. The van der Waals surface area contributed by atoms with Crippen LogP contribution in [0.1, 0.15) is 5.56 Å². The Morgan fingerprint density at radius 3 is 2.54 bits per heavy atom. The van der Waals surface area contributed by atoms with Gasteiger partial charge in [0.1, 0.15) is 5.75 Å². The second-order valence-corrected chi connectivity index (χ2v) is 5.61. The van der Waals surface area contributed by atoms with E-state index in [1.807, 2.05) is 25.1 Å². The summed E-state index contributed by atoms with van der Waals surface area (Å²) in [6, 6.07) is 5.60. The molecule has 0 amide bonds. The van der Waals surface area contributed by atoms with Crippen LogP contribution in [0.5, 0.6) is 5.75 Å². The summed E-state index contributed by atoms with van der Waals surface area (Å²) in [5.74, 6) is 4.28. The molecule has 0 N–H and O–H groups in total. The van der Waals surface area contributed by atoms with E-state index in [1.165, 1.54) is 0 Å². The van der Waals surface area contributed by atoms with Gasteiger partial charge >= 0.3 is 0 Å². The van der Waals surface area contributed by atoms with E-state index in [0.29, 0.717) is 10.6 Å². The summed E-state index contributed by atoms with van der Waals surface area (Å²) in [6.07, 6.45) is 1.62. The number of hydrogen-bond donors (Lipinski definition) is 0. The van der Waals surface area contributed by atoms with E-state index in [0.717, 1.165) is 5.56 Å². The van der Waals surface area contributed by atoms with Gasteiger partial charge in [-0.1, -0.05) is 6.07 Å². The van der Waals surface area contributed by atoms with E-state index in [9.17, 15) is 4.21 Å². The fourth-order valence-electron chi connectivity index (χ4n) is 1.12. The number of rotatable bonds is 2. The van der Waals surface area contributed by atoms with E-state index in [1.54, 1.807) is 13.4 Å². The van der Waals surface area contributed by atoms with Gasteiger partial charge in [-0.15, -0.1) is 0 Å². The Hall–Kier alpha value is -0.960. The van der Waals surface area contributed by atoms with Crippen molar-refractivity contribution < 1.29 is 8.95 Å². The number of hydrogen-bond acceptors (Lipinski definition) is 2. The summed E-state index contributed by atoms with van der Waals surface area (Å²) in [7, 11) is -0.624. The molecule has 3 heteroatoms. The van der Waals surface area contributed by atoms with Gasteiger partial charge in [0.05, 0.1) is 12.0 Å². The molecule has 13 heavy (non-hydrogen) atoms. The van der Waals surface area contributed by atoms with Crippen molar-refractivity contribution in [3.05, 3.63) is 23.8 Å². The highest BCUT2D eigenvalue weighted by Crippen LogP contribution is 2.24. The van der Waals surface area contributed by atoms with E-state index in [2.05, 4.69) is 5.87 Å². The maximum atomic E-state index is 11.7. The average Bonchev–Trinajstić information content (AvgIpc) is 2.03. The standard InChI is InChI=1S/C10H14O2S/c1-8-5-6-9(12-2)10(7-8)13(3,4)11/h5-7H,3H2,1-2,4H3. The minimum Gasteiger partial charge on any atom is -0.496 e. The van der Waals surface area contributed by atoms with Gasteiger partial charge in [0.15, 0.2) is 0 Å². The monoisotopic (exact) mass is 198 g/mol. The molecule has 1 atom stereocenters. The maximum Gasteiger partial charge on any atom is 0.134 e. The molecule has 0 aliphatic rings. The lowest BCUT2D eigenvalue weighted by Crippen LogP contribution is -2.00. The summed E-state index contributed by atoms with van der Waals surface area (Å²) in [4.78, 5) is 0.690. The molecule has 0 spiro atoms. The molecule has 0 aromatic heterocycles. The zero-order valence-corrected chi connectivity index (χ0v) is 8.98. The van der Waals surface area contributed by atoms with Crippen LogP contribution >= 0.6 is 0 Å². The van der Waals surface area contributed by atoms with Crippen LogP contribution in [0.25, 0.3) is 0 Å². The predicted molar refractivity (Wildman–Crippen MR) is 57.2 cm³/mol. The number of ether oxygens (including phenoxy) is 1. The Kier molecular flexibility index (Phi) is 2.66. The fourth-order valence-corrected chi connectivity index (χ4v) is 2.13. The van der Waals surface area contributed by atoms with E-state index in [-0.39, 0.29) is 0 Å². The van der Waals surface area contributed by atoms with E-state index >= 15 is 0 Å². The van der Waals surface area contributed by atoms with Gasteiger partial charge in [0.25, 0.3) is 0 Å². The molecule has 0 saturated heterocycles. The Morgan fingerprint density at radius 2 is 2.08 bits per heavy atom. The molecule has 1 rings (SSSR count). The molecule has 0 aliphatic carbocycles. The summed E-state index contributed by atoms with van der Waals surface area (Å²) >= 11 is 0. The van der Waals surface area contributed by atoms with Gasteiger partial charge in [-0.05, 0) is 40.0 Å². The van der Waals surface area contributed by atoms with Crippen molar-refractivity contribution in [3.63, 3.8) is 0 Å². The van der Waals surface area contributed by atoms with Crippen molar-refractivity contribution in [2.75, 3.05) is 13.4 Å². The highest BCUT2D eigenvalue weighted by molar-refractivity contribution is 7.99. The summed E-state index contributed by atoms with van der Waals surface area (Å²) in [5.41, 5.74) is 1.06. The first-order valence-corrected chi connectivity index (χ1v) is 6.05. The van der Waals surface area contributed by atoms with E-state index in [4.69, 9.17) is 4.74 Å². The Labute approximate surface area is 79.6 Å². The molecule has 2 nitrogen and oxygen atoms in total. The zero-order valence-electron chi connectivity index (χ0n) is 8.16. The van der Waals surface area contributed by atoms with Crippen molar-refractivity contribution >= 4 is 15.4 Å². The van der Waals surface area contributed by atoms with E-state index < -0.39 is 9.52 Å². The minimum atomic E-state index is -2.19. The molecular weight excluding hydrogens is 184 g/mol. The molecule has 0 fully saturated rings. The lowest BCUT2D eigenvalue weighted by Gasteiger charge is -2.09. The van der Waals surface area contributed by atoms with Gasteiger partial charge in [0.2, 0.25) is 0 Å². The van der Waals surface area contributed by atoms with Gasteiger partial charge < -0.3 is 4.74 Å². The maximum absolute atomic E-state index is 11.7. The lowest BCUT2D eigenvalue weighted by atomic mass is 10.2. The number of benzene rings is 1. The van der Waals surface area contributed by atoms with Crippen molar-refractivity contribution in [3.8, 4) is 5.75 Å². The van der Waals surface area contributed by atoms with Gasteiger partial charge in [-0.3, -0.25) is 4.21 Å². The first-order chi connectivity index (χ1) is 5.95. The van der Waals surface area contributed by atoms with Crippen molar-refractivity contribution in [2.24, 2.45) is 0 Å². The highest BCUT2D eigenvalue weighted by Gasteiger charge is 2.08. The Morgan fingerprint density at radius 1 is 1.46 bits per heavy atom. The third kappa shape index (κ3) is 2.25. The van der Waals surface area contributed by atoms with Crippen molar-refractivity contribution in [2.45, 2.75) is 11.8 Å². The molecule has 72 valence electrons. The first kappa shape index (κ1) is 10.1. The fraction of sp³-hybridized carbons (Fsp3) is 0.300. The number of methoxy groups -OCH3 is 1. The molecule has 1 aromatic rings. The Bertz CT molecular complexity index is 405. The average molecular weight is 198 g/mol. The smallest absolute Gasteiger partial charge is 0.134 e. The molecule has 0 aliphatic heterocycles. The molecule has 1 aromatic carbocycles. The highest BCUT2D eigenvalue weighted by atomic mass is 32.2. The molecule has 0 bridgehead atoms. The van der Waals surface area contributed by atoms with Crippen LogP contribution in [0.4, 0.5) is 0 Å². The minimum absolute atomic E-state index is 0.646. The van der Waals surface area contributed by atoms with Crippen LogP contribution < -0.4 is 4.74 Å². The summed E-state index contributed by atoms with van der Waals surface area (Å²) in [6.45, 7) is 1.95. The third-order valence-corrected chi connectivity index (χ3v) is 3.03. The van der Waals surface area contributed by atoms with Crippen LogP contribution in [0.15, 0.2) is 23.1 Å². The van der Waals surface area contributed by atoms with Crippen LogP contribution in [0, 0.1) is 6.92 Å². The SMILES string of the molecule is C=S(C)(=O)c1cc(C)ccc1OC. The third-order valence-electron chi connectivity index (χ3n) is 1.78. The first-order valence-electron chi connectivity index (χ1n) is 3.92. The lowest BCUT2D eigenvalue weighted by molar-refractivity contribution is 0.404. The quantitative estimate of drug-likeness (QED) is 0.676. The molecular formula is C10H14O2S. The van der Waals surface area contributed by atoms with Gasteiger partial charge in [0, 0.05) is 6.26 Å². The summed E-state index contributed by atoms with van der Waals surface area (Å²) < 4.78 is 16.8. The Balaban J connectivity index is 3.41. The van der Waals surface area contributed by atoms with Crippen molar-refractivity contribution in [1.82, 2.24) is 0 Å². The molecule has 0 radical (unpaired) electrons. The van der Waals surface area contributed by atoms with Crippen LogP contribution in [-0.4, -0.2) is 23.4 Å². The molecule has 0 saturated carbocycles. The molecule has 0 heterocycles. The van der Waals surface area contributed by atoms with Crippen LogP contribution in [0.2, 0.25) is 0 Å². The largest absolute Gasteiger partial charge is 0.496 e. The van der Waals surface area contributed by atoms with Crippen molar-refractivity contribution in [1.29, 1.82) is 0 Å². The molecule has 1 unspecified atom stereocenters. The topological polar surface area (TPSA) is 26.3 Å². The van der Waals surface area contributed by atoms with Crippen LogP contribution in [0.3, 0.4) is 0 Å². The normalized spacial score (nSPS) is 15.0. The number of aryl methyl sites for hydroxylation is 1. The summed E-state index contributed by atoms with van der Waals surface area (Å²) in [5, 5.41) is 0. The predicted octanol–water partition coefficient (Wildman–Crippen LogP) is 1.71.